The molecule has 19 heavy (non-hydrogen) atoms. The van der Waals surface area contributed by atoms with Gasteiger partial charge in [-0.1, -0.05) is 39.8 Å². The van der Waals surface area contributed by atoms with E-state index in [4.69, 9.17) is 10.5 Å². The van der Waals surface area contributed by atoms with E-state index in [1.807, 2.05) is 12.1 Å². The van der Waals surface area contributed by atoms with E-state index in [0.717, 1.165) is 18.6 Å². The topological polar surface area (TPSA) is 35.2 Å². The SMILES string of the molecule is COc1ccc(C2(N)CC(C)(C)CC(C)(C)C2)cc1. The maximum Gasteiger partial charge on any atom is 0.118 e. The Labute approximate surface area is 117 Å². The van der Waals surface area contributed by atoms with Gasteiger partial charge in [0.05, 0.1) is 7.11 Å². The van der Waals surface area contributed by atoms with Crippen LogP contribution < -0.4 is 10.5 Å². The summed E-state index contributed by atoms with van der Waals surface area (Å²) in [6, 6.07) is 8.27. The first-order chi connectivity index (χ1) is 8.66. The Morgan fingerprint density at radius 3 is 1.79 bits per heavy atom. The molecule has 0 amide bonds. The number of rotatable bonds is 2. The molecule has 0 aliphatic heterocycles. The molecule has 1 aliphatic rings. The molecule has 1 fully saturated rings. The molecule has 1 saturated carbocycles. The number of ether oxygens (including phenoxy) is 1. The molecule has 0 aromatic heterocycles. The molecule has 1 aliphatic carbocycles. The molecule has 0 unspecified atom stereocenters. The summed E-state index contributed by atoms with van der Waals surface area (Å²) < 4.78 is 5.23. The summed E-state index contributed by atoms with van der Waals surface area (Å²) in [5.41, 5.74) is 8.36. The van der Waals surface area contributed by atoms with Gasteiger partial charge in [0.2, 0.25) is 0 Å². The van der Waals surface area contributed by atoms with Crippen LogP contribution in [0.4, 0.5) is 0 Å². The first kappa shape index (κ1) is 14.4. The number of benzene rings is 1. The molecule has 0 bridgehead atoms. The highest BCUT2D eigenvalue weighted by molar-refractivity contribution is 5.32. The molecule has 2 nitrogen and oxygen atoms in total. The van der Waals surface area contributed by atoms with E-state index in [2.05, 4.69) is 39.8 Å². The van der Waals surface area contributed by atoms with Crippen LogP contribution in [0.25, 0.3) is 0 Å². The van der Waals surface area contributed by atoms with Gasteiger partial charge < -0.3 is 10.5 Å². The van der Waals surface area contributed by atoms with Crippen molar-refractivity contribution in [2.24, 2.45) is 16.6 Å². The molecule has 2 heteroatoms. The molecule has 0 atom stereocenters. The van der Waals surface area contributed by atoms with Gasteiger partial charge in [0.15, 0.2) is 0 Å². The van der Waals surface area contributed by atoms with E-state index < -0.39 is 0 Å². The summed E-state index contributed by atoms with van der Waals surface area (Å²) in [5, 5.41) is 0. The first-order valence-electron chi connectivity index (χ1n) is 7.09. The van der Waals surface area contributed by atoms with Crippen molar-refractivity contribution in [1.29, 1.82) is 0 Å². The van der Waals surface area contributed by atoms with Crippen LogP contribution in [0.3, 0.4) is 0 Å². The molecular weight excluding hydrogens is 234 g/mol. The average Bonchev–Trinajstić information content (AvgIpc) is 2.24. The van der Waals surface area contributed by atoms with E-state index in [-0.39, 0.29) is 16.4 Å². The molecule has 0 saturated heterocycles. The molecular formula is C17H27NO. The second-order valence-corrected chi connectivity index (χ2v) is 7.74. The van der Waals surface area contributed by atoms with E-state index in [9.17, 15) is 0 Å². The molecule has 0 spiro atoms. The minimum absolute atomic E-state index is 0.225. The number of methoxy groups -OCH3 is 1. The van der Waals surface area contributed by atoms with Crippen LogP contribution in [0.2, 0.25) is 0 Å². The fourth-order valence-corrected chi connectivity index (χ4v) is 4.32. The zero-order chi connectivity index (χ0) is 14.3. The average molecular weight is 261 g/mol. The third kappa shape index (κ3) is 3.11. The summed E-state index contributed by atoms with van der Waals surface area (Å²) in [5.74, 6) is 0.890. The zero-order valence-electron chi connectivity index (χ0n) is 12.9. The van der Waals surface area contributed by atoms with E-state index in [1.165, 1.54) is 12.0 Å². The Hall–Kier alpha value is -1.02. The van der Waals surface area contributed by atoms with Crippen LogP contribution in [0.1, 0.15) is 52.5 Å². The van der Waals surface area contributed by atoms with Crippen molar-refractivity contribution < 1.29 is 4.74 Å². The Morgan fingerprint density at radius 2 is 1.37 bits per heavy atom. The lowest BCUT2D eigenvalue weighted by molar-refractivity contribution is 0.0470. The monoisotopic (exact) mass is 261 g/mol. The van der Waals surface area contributed by atoms with Gasteiger partial charge in [0.1, 0.15) is 5.75 Å². The molecule has 106 valence electrons. The predicted octanol–water partition coefficient (Wildman–Crippen LogP) is 4.09. The number of nitrogens with two attached hydrogens (primary N) is 1. The highest BCUT2D eigenvalue weighted by Crippen LogP contribution is 2.52. The van der Waals surface area contributed by atoms with E-state index >= 15 is 0 Å². The van der Waals surface area contributed by atoms with Crippen LogP contribution in [0.15, 0.2) is 24.3 Å². The molecule has 1 aromatic rings. The van der Waals surface area contributed by atoms with Crippen LogP contribution in [0, 0.1) is 10.8 Å². The van der Waals surface area contributed by atoms with Gasteiger partial charge in [-0.15, -0.1) is 0 Å². The largest absolute Gasteiger partial charge is 0.497 e. The van der Waals surface area contributed by atoms with Crippen molar-refractivity contribution in [3.63, 3.8) is 0 Å². The number of hydrogen-bond donors (Lipinski definition) is 1. The minimum Gasteiger partial charge on any atom is -0.497 e. The smallest absolute Gasteiger partial charge is 0.118 e. The van der Waals surface area contributed by atoms with Gasteiger partial charge in [0.25, 0.3) is 0 Å². The maximum atomic E-state index is 6.78. The number of hydrogen-bond acceptors (Lipinski definition) is 2. The Bertz CT molecular complexity index is 429. The summed E-state index contributed by atoms with van der Waals surface area (Å²) >= 11 is 0. The normalized spacial score (nSPS) is 23.9. The lowest BCUT2D eigenvalue weighted by Crippen LogP contribution is -2.49. The first-order valence-corrected chi connectivity index (χ1v) is 7.09. The van der Waals surface area contributed by atoms with E-state index in [1.54, 1.807) is 7.11 Å². The van der Waals surface area contributed by atoms with Crippen molar-refractivity contribution in [3.8, 4) is 5.75 Å². The van der Waals surface area contributed by atoms with Crippen LogP contribution in [-0.2, 0) is 5.54 Å². The maximum absolute atomic E-state index is 6.78. The second-order valence-electron chi connectivity index (χ2n) is 7.74. The summed E-state index contributed by atoms with van der Waals surface area (Å²) in [4.78, 5) is 0. The van der Waals surface area contributed by atoms with Crippen LogP contribution in [0.5, 0.6) is 5.75 Å². The lowest BCUT2D eigenvalue weighted by Gasteiger charge is -2.50. The summed E-state index contributed by atoms with van der Waals surface area (Å²) in [6.45, 7) is 9.33. The molecule has 0 heterocycles. The summed E-state index contributed by atoms with van der Waals surface area (Å²) in [6.07, 6.45) is 3.31. The second kappa shape index (κ2) is 4.52. The third-order valence-corrected chi connectivity index (χ3v) is 4.21. The van der Waals surface area contributed by atoms with Crippen LogP contribution >= 0.6 is 0 Å². The standard InChI is InChI=1S/C17H27NO/c1-15(2)10-16(3,4)12-17(18,11-15)13-6-8-14(19-5)9-7-13/h6-9H,10-12,18H2,1-5H3. The van der Waals surface area contributed by atoms with Gasteiger partial charge in [-0.3, -0.25) is 0 Å². The predicted molar refractivity (Wildman–Crippen MR) is 80.3 cm³/mol. The van der Waals surface area contributed by atoms with E-state index in [0.29, 0.717) is 0 Å². The molecule has 2 rings (SSSR count). The van der Waals surface area contributed by atoms with Gasteiger partial charge in [0, 0.05) is 5.54 Å². The zero-order valence-corrected chi connectivity index (χ0v) is 12.9. The highest BCUT2D eigenvalue weighted by Gasteiger charge is 2.46. The summed E-state index contributed by atoms with van der Waals surface area (Å²) in [7, 11) is 1.69. The van der Waals surface area contributed by atoms with Crippen molar-refractivity contribution in [3.05, 3.63) is 29.8 Å². The van der Waals surface area contributed by atoms with Gasteiger partial charge >= 0.3 is 0 Å². The van der Waals surface area contributed by atoms with Crippen LogP contribution in [-0.4, -0.2) is 7.11 Å². The fourth-order valence-electron chi connectivity index (χ4n) is 4.32. The minimum atomic E-state index is -0.225. The van der Waals surface area contributed by atoms with Crippen molar-refractivity contribution in [2.45, 2.75) is 52.5 Å². The van der Waals surface area contributed by atoms with Gasteiger partial charge in [-0.2, -0.15) is 0 Å². The lowest BCUT2D eigenvalue weighted by atomic mass is 9.57. The molecule has 0 radical (unpaired) electrons. The van der Waals surface area contributed by atoms with Gasteiger partial charge in [-0.05, 0) is 47.8 Å². The Balaban J connectivity index is 2.34. The third-order valence-electron chi connectivity index (χ3n) is 4.21. The Morgan fingerprint density at radius 1 is 0.895 bits per heavy atom. The van der Waals surface area contributed by atoms with Crippen molar-refractivity contribution in [1.82, 2.24) is 0 Å². The van der Waals surface area contributed by atoms with Crippen molar-refractivity contribution >= 4 is 0 Å². The highest BCUT2D eigenvalue weighted by atomic mass is 16.5. The molecule has 2 N–H and O–H groups in total. The fraction of sp³-hybridized carbons (Fsp3) is 0.647. The van der Waals surface area contributed by atoms with Crippen molar-refractivity contribution in [2.75, 3.05) is 7.11 Å². The molecule has 1 aromatic carbocycles. The van der Waals surface area contributed by atoms with Gasteiger partial charge in [-0.25, -0.2) is 0 Å². The Kier molecular flexibility index (Phi) is 3.42. The quantitative estimate of drug-likeness (QED) is 0.870.